The minimum absolute atomic E-state index is 0.204. The third kappa shape index (κ3) is 5.87. The van der Waals surface area contributed by atoms with E-state index in [1.165, 1.54) is 7.11 Å². The van der Waals surface area contributed by atoms with E-state index < -0.39 is 11.8 Å². The van der Waals surface area contributed by atoms with Gasteiger partial charge in [0.2, 0.25) is 0 Å². The summed E-state index contributed by atoms with van der Waals surface area (Å²) in [6.07, 6.45) is 3.23. The predicted octanol–water partition coefficient (Wildman–Crippen LogP) is 4.86. The van der Waals surface area contributed by atoms with E-state index in [-0.39, 0.29) is 10.9 Å². The summed E-state index contributed by atoms with van der Waals surface area (Å²) in [4.78, 5) is 25.8. The maximum Gasteiger partial charge on any atom is 0.285 e. The number of hydrogen-bond acceptors (Lipinski definition) is 7. The topological polar surface area (TPSA) is 77.1 Å². The van der Waals surface area contributed by atoms with Gasteiger partial charge in [-0.25, -0.2) is 0 Å². The number of thioether (sulfide) groups is 1. The standard InChI is InChI=1S/C23H21ClN2O5S2/c1-4-10-31-20-17(24)11-14(12-18(20)30-5-2)13-19-22(28)26(23(32)33-19)25-21(27)15-6-8-16(29-3)9-7-15/h4,6-9,11-13H,1,5,10H2,2-3H3,(H,25,27). The molecule has 0 aromatic heterocycles. The number of hydrazine groups is 1. The van der Waals surface area contributed by atoms with Crippen molar-refractivity contribution in [2.45, 2.75) is 6.92 Å². The number of hydrogen-bond donors (Lipinski definition) is 1. The molecule has 33 heavy (non-hydrogen) atoms. The van der Waals surface area contributed by atoms with Crippen LogP contribution in [-0.4, -0.2) is 41.5 Å². The number of nitrogens with zero attached hydrogens (tertiary/aromatic N) is 1. The van der Waals surface area contributed by atoms with Crippen molar-refractivity contribution >= 4 is 57.8 Å². The summed E-state index contributed by atoms with van der Waals surface area (Å²) in [5.74, 6) is 0.538. The van der Waals surface area contributed by atoms with E-state index >= 15 is 0 Å². The maximum absolute atomic E-state index is 12.9. The number of benzene rings is 2. The average Bonchev–Trinajstić information content (AvgIpc) is 3.06. The molecule has 0 saturated carbocycles. The molecule has 1 aliphatic rings. The molecule has 2 aromatic carbocycles. The first-order chi connectivity index (χ1) is 15.9. The van der Waals surface area contributed by atoms with Crippen molar-refractivity contribution < 1.29 is 23.8 Å². The number of nitrogens with one attached hydrogen (secondary N) is 1. The molecule has 2 amide bonds. The predicted molar refractivity (Wildman–Crippen MR) is 134 cm³/mol. The lowest BCUT2D eigenvalue weighted by Gasteiger charge is -2.15. The van der Waals surface area contributed by atoms with Gasteiger partial charge in [0.15, 0.2) is 15.8 Å². The molecule has 1 heterocycles. The molecule has 0 unspecified atom stereocenters. The highest BCUT2D eigenvalue weighted by atomic mass is 35.5. The number of carbonyl (C=O) groups excluding carboxylic acids is 2. The van der Waals surface area contributed by atoms with E-state index in [2.05, 4.69) is 12.0 Å². The van der Waals surface area contributed by atoms with Crippen molar-refractivity contribution in [1.82, 2.24) is 10.4 Å². The molecule has 2 aromatic rings. The number of amides is 2. The first-order valence-corrected chi connectivity index (χ1v) is 11.4. The largest absolute Gasteiger partial charge is 0.497 e. The molecule has 7 nitrogen and oxygen atoms in total. The normalized spacial score (nSPS) is 14.4. The minimum atomic E-state index is -0.472. The highest BCUT2D eigenvalue weighted by Crippen LogP contribution is 2.39. The van der Waals surface area contributed by atoms with Gasteiger partial charge in [-0.3, -0.25) is 15.0 Å². The SMILES string of the molecule is C=CCOc1c(Cl)cc(C=C2SC(=S)N(NC(=O)c3ccc(OC)cc3)C2=O)cc1OCC. The van der Waals surface area contributed by atoms with Gasteiger partial charge in [-0.1, -0.05) is 36.0 Å². The van der Waals surface area contributed by atoms with Crippen LogP contribution in [0.2, 0.25) is 5.02 Å². The molecule has 1 aliphatic heterocycles. The Bertz CT molecular complexity index is 1120. The van der Waals surface area contributed by atoms with Gasteiger partial charge >= 0.3 is 0 Å². The molecule has 172 valence electrons. The summed E-state index contributed by atoms with van der Waals surface area (Å²) >= 11 is 12.7. The summed E-state index contributed by atoms with van der Waals surface area (Å²) in [6.45, 7) is 6.14. The molecule has 0 radical (unpaired) electrons. The van der Waals surface area contributed by atoms with E-state index in [0.29, 0.717) is 44.9 Å². The highest BCUT2D eigenvalue weighted by molar-refractivity contribution is 8.26. The Labute approximate surface area is 206 Å². The van der Waals surface area contributed by atoms with Crippen LogP contribution in [0.3, 0.4) is 0 Å². The van der Waals surface area contributed by atoms with E-state index in [9.17, 15) is 9.59 Å². The van der Waals surface area contributed by atoms with Gasteiger partial charge < -0.3 is 14.2 Å². The number of halogens is 1. The van der Waals surface area contributed by atoms with Crippen LogP contribution in [0.4, 0.5) is 0 Å². The summed E-state index contributed by atoms with van der Waals surface area (Å²) in [7, 11) is 1.54. The van der Waals surface area contributed by atoms with Crippen molar-refractivity contribution in [2.24, 2.45) is 0 Å². The number of thiocarbonyl (C=S) groups is 1. The molecule has 1 saturated heterocycles. The summed E-state index contributed by atoms with van der Waals surface area (Å²) in [6, 6.07) is 9.87. The molecule has 1 fully saturated rings. The van der Waals surface area contributed by atoms with Crippen molar-refractivity contribution in [3.8, 4) is 17.2 Å². The Kier molecular flexibility index (Phi) is 8.37. The Balaban J connectivity index is 1.81. The smallest absolute Gasteiger partial charge is 0.285 e. The average molecular weight is 505 g/mol. The van der Waals surface area contributed by atoms with Crippen LogP contribution in [0.25, 0.3) is 6.08 Å². The lowest BCUT2D eigenvalue weighted by atomic mass is 10.1. The van der Waals surface area contributed by atoms with E-state index in [1.54, 1.807) is 48.6 Å². The number of rotatable bonds is 9. The van der Waals surface area contributed by atoms with Gasteiger partial charge in [0.05, 0.1) is 23.6 Å². The van der Waals surface area contributed by atoms with E-state index in [0.717, 1.165) is 16.8 Å². The van der Waals surface area contributed by atoms with Crippen molar-refractivity contribution in [1.29, 1.82) is 0 Å². The highest BCUT2D eigenvalue weighted by Gasteiger charge is 2.34. The molecular formula is C23H21ClN2O5S2. The van der Waals surface area contributed by atoms with Crippen LogP contribution in [0.1, 0.15) is 22.8 Å². The Morgan fingerprint density at radius 3 is 2.64 bits per heavy atom. The first kappa shape index (κ1) is 24.6. The zero-order valence-electron chi connectivity index (χ0n) is 17.9. The molecule has 0 aliphatic carbocycles. The maximum atomic E-state index is 12.9. The second-order valence-electron chi connectivity index (χ2n) is 6.55. The van der Waals surface area contributed by atoms with Crippen molar-refractivity contribution in [3.05, 3.63) is 70.1 Å². The second kappa shape index (κ2) is 11.2. The molecular weight excluding hydrogens is 484 g/mol. The Morgan fingerprint density at radius 1 is 1.27 bits per heavy atom. The monoisotopic (exact) mass is 504 g/mol. The number of methoxy groups -OCH3 is 1. The molecule has 0 spiro atoms. The quantitative estimate of drug-likeness (QED) is 0.297. The third-order valence-corrected chi connectivity index (χ3v) is 5.92. The van der Waals surface area contributed by atoms with Crippen LogP contribution in [0.5, 0.6) is 17.2 Å². The third-order valence-electron chi connectivity index (χ3n) is 4.33. The Hall–Kier alpha value is -3.01. The van der Waals surface area contributed by atoms with Gasteiger partial charge in [0.25, 0.3) is 11.8 Å². The lowest BCUT2D eigenvalue weighted by Crippen LogP contribution is -2.44. The van der Waals surface area contributed by atoms with E-state index in [1.807, 2.05) is 6.92 Å². The molecule has 1 N–H and O–H groups in total. The number of carbonyl (C=O) groups is 2. The summed E-state index contributed by atoms with van der Waals surface area (Å²) in [5, 5.41) is 1.38. The Morgan fingerprint density at radius 2 is 2.00 bits per heavy atom. The zero-order valence-corrected chi connectivity index (χ0v) is 20.3. The van der Waals surface area contributed by atoms with Gasteiger partial charge in [-0.15, -0.1) is 0 Å². The zero-order chi connectivity index (χ0) is 24.0. The van der Waals surface area contributed by atoms with Crippen LogP contribution in [0.15, 0.2) is 54.0 Å². The number of ether oxygens (including phenoxy) is 3. The van der Waals surface area contributed by atoms with Crippen LogP contribution in [0, 0.1) is 0 Å². The van der Waals surface area contributed by atoms with Crippen LogP contribution in [-0.2, 0) is 4.79 Å². The van der Waals surface area contributed by atoms with Gasteiger partial charge in [-0.2, -0.15) is 5.01 Å². The summed E-state index contributed by atoms with van der Waals surface area (Å²) < 4.78 is 16.5. The molecule has 0 bridgehead atoms. The lowest BCUT2D eigenvalue weighted by molar-refractivity contribution is -0.123. The second-order valence-corrected chi connectivity index (χ2v) is 8.63. The van der Waals surface area contributed by atoms with Crippen molar-refractivity contribution in [2.75, 3.05) is 20.3 Å². The summed E-state index contributed by atoms with van der Waals surface area (Å²) in [5.41, 5.74) is 3.52. The van der Waals surface area contributed by atoms with Crippen LogP contribution < -0.4 is 19.6 Å². The van der Waals surface area contributed by atoms with Gasteiger partial charge in [0.1, 0.15) is 12.4 Å². The van der Waals surface area contributed by atoms with E-state index in [4.69, 9.17) is 38.0 Å². The molecule has 3 rings (SSSR count). The fourth-order valence-corrected chi connectivity index (χ4v) is 4.29. The fraction of sp³-hybridized carbons (Fsp3) is 0.174. The van der Waals surface area contributed by atoms with Gasteiger partial charge in [0, 0.05) is 5.56 Å². The van der Waals surface area contributed by atoms with Gasteiger partial charge in [-0.05, 0) is 67.2 Å². The van der Waals surface area contributed by atoms with Crippen molar-refractivity contribution in [3.63, 3.8) is 0 Å². The minimum Gasteiger partial charge on any atom is -0.497 e. The molecule has 10 heteroatoms. The van der Waals surface area contributed by atoms with Crippen LogP contribution >= 0.6 is 35.6 Å². The fourth-order valence-electron chi connectivity index (χ4n) is 2.84. The first-order valence-electron chi connectivity index (χ1n) is 9.81. The molecule has 0 atom stereocenters.